The van der Waals surface area contributed by atoms with E-state index >= 15 is 0 Å². The van der Waals surface area contributed by atoms with Crippen molar-refractivity contribution in [1.82, 2.24) is 0 Å². The smallest absolute Gasteiger partial charge is 0.0554 e. The van der Waals surface area contributed by atoms with Crippen LogP contribution in [-0.2, 0) is 6.42 Å². The molecule has 0 atom stereocenters. The molecule has 2 aromatic rings. The van der Waals surface area contributed by atoms with E-state index in [0.717, 1.165) is 6.42 Å². The van der Waals surface area contributed by atoms with Gasteiger partial charge in [0.2, 0.25) is 0 Å². The Kier molecular flexibility index (Phi) is 7.25. The zero-order valence-electron chi connectivity index (χ0n) is 14.6. The monoisotopic (exact) mass is 312 g/mol. The third-order valence-corrected chi connectivity index (χ3v) is 4.68. The molecule has 0 aliphatic carbocycles. The molecule has 0 aromatic heterocycles. The van der Waals surface area contributed by atoms with Crippen LogP contribution in [0.1, 0.15) is 70.3 Å². The van der Waals surface area contributed by atoms with Crippen LogP contribution in [0.25, 0.3) is 10.8 Å². The quantitative estimate of drug-likeness (QED) is 0.413. The third-order valence-electron chi connectivity index (χ3n) is 4.68. The maximum absolute atomic E-state index is 5.91. The molecule has 0 aliphatic heterocycles. The van der Waals surface area contributed by atoms with Gasteiger partial charge in [0.05, 0.1) is 11.4 Å². The van der Waals surface area contributed by atoms with Gasteiger partial charge in [0, 0.05) is 0 Å². The van der Waals surface area contributed by atoms with Gasteiger partial charge in [0.15, 0.2) is 0 Å². The van der Waals surface area contributed by atoms with E-state index in [0.29, 0.717) is 11.4 Å². The van der Waals surface area contributed by atoms with Gasteiger partial charge in [0.1, 0.15) is 0 Å². The summed E-state index contributed by atoms with van der Waals surface area (Å²) >= 11 is 0. The zero-order valence-corrected chi connectivity index (χ0v) is 14.6. The Bertz CT molecular complexity index is 604. The Hall–Kier alpha value is -1.70. The highest BCUT2D eigenvalue weighted by atomic mass is 14.7. The lowest BCUT2D eigenvalue weighted by atomic mass is 10.0. The SMILES string of the molecule is CCCCCCCCCCCc1ccc2cc(N)c(N)cc2c1. The highest BCUT2D eigenvalue weighted by molar-refractivity contribution is 5.91. The Labute approximate surface area is 141 Å². The van der Waals surface area contributed by atoms with Gasteiger partial charge in [-0.15, -0.1) is 0 Å². The summed E-state index contributed by atoms with van der Waals surface area (Å²) in [5, 5.41) is 2.37. The molecule has 2 aromatic carbocycles. The van der Waals surface area contributed by atoms with Crippen LogP contribution < -0.4 is 11.5 Å². The van der Waals surface area contributed by atoms with E-state index in [-0.39, 0.29) is 0 Å². The van der Waals surface area contributed by atoms with Crippen LogP contribution >= 0.6 is 0 Å². The molecule has 4 N–H and O–H groups in total. The van der Waals surface area contributed by atoms with E-state index in [1.165, 1.54) is 74.1 Å². The minimum absolute atomic E-state index is 0.671. The highest BCUT2D eigenvalue weighted by Crippen LogP contribution is 2.25. The van der Waals surface area contributed by atoms with Gasteiger partial charge in [-0.1, -0.05) is 76.5 Å². The predicted octanol–water partition coefficient (Wildman–Crippen LogP) is 6.08. The molecule has 0 aliphatic rings. The summed E-state index contributed by atoms with van der Waals surface area (Å²) in [5.74, 6) is 0. The second-order valence-electron chi connectivity index (χ2n) is 6.74. The number of hydrogen-bond acceptors (Lipinski definition) is 2. The number of fused-ring (bicyclic) bond motifs is 1. The molecular weight excluding hydrogens is 280 g/mol. The summed E-state index contributed by atoms with van der Waals surface area (Å²) in [4.78, 5) is 0. The number of benzene rings is 2. The summed E-state index contributed by atoms with van der Waals surface area (Å²) in [6.45, 7) is 2.27. The molecular formula is C21H32N2. The first-order valence-corrected chi connectivity index (χ1v) is 9.28. The van der Waals surface area contributed by atoms with Gasteiger partial charge >= 0.3 is 0 Å². The van der Waals surface area contributed by atoms with Gasteiger partial charge in [-0.2, -0.15) is 0 Å². The summed E-state index contributed by atoms with van der Waals surface area (Å²) in [6, 6.07) is 10.6. The Morgan fingerprint density at radius 2 is 1.22 bits per heavy atom. The maximum Gasteiger partial charge on any atom is 0.0554 e. The summed E-state index contributed by atoms with van der Waals surface area (Å²) in [5.41, 5.74) is 14.5. The molecule has 2 rings (SSSR count). The van der Waals surface area contributed by atoms with Crippen LogP contribution in [0, 0.1) is 0 Å². The highest BCUT2D eigenvalue weighted by Gasteiger charge is 2.01. The van der Waals surface area contributed by atoms with Crippen LogP contribution in [0.2, 0.25) is 0 Å². The van der Waals surface area contributed by atoms with Gasteiger partial charge in [0.25, 0.3) is 0 Å². The van der Waals surface area contributed by atoms with E-state index in [2.05, 4.69) is 25.1 Å². The Morgan fingerprint density at radius 1 is 0.652 bits per heavy atom. The van der Waals surface area contributed by atoms with Gasteiger partial charge in [-0.25, -0.2) is 0 Å². The molecule has 0 radical (unpaired) electrons. The van der Waals surface area contributed by atoms with Gasteiger partial charge in [-0.3, -0.25) is 0 Å². The molecule has 0 amide bonds. The van der Waals surface area contributed by atoms with E-state index in [1.54, 1.807) is 0 Å². The van der Waals surface area contributed by atoms with E-state index in [4.69, 9.17) is 11.5 Å². The summed E-state index contributed by atoms with van der Waals surface area (Å²) in [6.07, 6.45) is 13.6. The number of unbranched alkanes of at least 4 members (excludes halogenated alkanes) is 8. The van der Waals surface area contributed by atoms with Crippen molar-refractivity contribution in [2.24, 2.45) is 0 Å². The molecule has 0 spiro atoms. The van der Waals surface area contributed by atoms with Crippen molar-refractivity contribution in [3.8, 4) is 0 Å². The number of nitrogen functional groups attached to an aromatic ring is 2. The van der Waals surface area contributed by atoms with Crippen LogP contribution in [0.15, 0.2) is 30.3 Å². The first-order chi connectivity index (χ1) is 11.2. The number of hydrogen-bond donors (Lipinski definition) is 2. The van der Waals surface area contributed by atoms with Crippen molar-refractivity contribution in [3.05, 3.63) is 35.9 Å². The average molecular weight is 313 g/mol. The topological polar surface area (TPSA) is 52.0 Å². The standard InChI is InChI=1S/C21H32N2/c1-2-3-4-5-6-7-8-9-10-11-17-12-13-18-15-20(22)21(23)16-19(18)14-17/h12-16H,2-11,22-23H2,1H3. The van der Waals surface area contributed by atoms with Crippen molar-refractivity contribution in [2.45, 2.75) is 71.1 Å². The van der Waals surface area contributed by atoms with Crippen molar-refractivity contribution < 1.29 is 0 Å². The first kappa shape index (κ1) is 17.7. The second-order valence-corrected chi connectivity index (χ2v) is 6.74. The third kappa shape index (κ3) is 5.78. The van der Waals surface area contributed by atoms with Gasteiger partial charge < -0.3 is 11.5 Å². The lowest BCUT2D eigenvalue weighted by Gasteiger charge is -2.07. The lowest BCUT2D eigenvalue weighted by molar-refractivity contribution is 0.565. The molecule has 2 heteroatoms. The van der Waals surface area contributed by atoms with Crippen LogP contribution in [-0.4, -0.2) is 0 Å². The second kappa shape index (κ2) is 9.44. The molecule has 0 heterocycles. The number of anilines is 2. The minimum Gasteiger partial charge on any atom is -0.397 e. The Morgan fingerprint density at radius 3 is 1.87 bits per heavy atom. The van der Waals surface area contributed by atoms with Crippen LogP contribution in [0.5, 0.6) is 0 Å². The first-order valence-electron chi connectivity index (χ1n) is 9.28. The minimum atomic E-state index is 0.671. The number of nitrogens with two attached hydrogens (primary N) is 2. The van der Waals surface area contributed by atoms with Crippen LogP contribution in [0.3, 0.4) is 0 Å². The van der Waals surface area contributed by atoms with E-state index < -0.39 is 0 Å². The molecule has 0 unspecified atom stereocenters. The molecule has 0 fully saturated rings. The van der Waals surface area contributed by atoms with Crippen molar-refractivity contribution in [1.29, 1.82) is 0 Å². The largest absolute Gasteiger partial charge is 0.397 e. The fourth-order valence-electron chi connectivity index (χ4n) is 3.18. The number of rotatable bonds is 10. The molecule has 0 saturated heterocycles. The maximum atomic E-state index is 5.91. The Balaban J connectivity index is 1.70. The van der Waals surface area contributed by atoms with Crippen molar-refractivity contribution >= 4 is 22.1 Å². The molecule has 2 nitrogen and oxygen atoms in total. The molecule has 23 heavy (non-hydrogen) atoms. The zero-order chi connectivity index (χ0) is 16.5. The number of aryl methyl sites for hydroxylation is 1. The fourth-order valence-corrected chi connectivity index (χ4v) is 3.18. The normalized spacial score (nSPS) is 11.2. The molecule has 0 bridgehead atoms. The average Bonchev–Trinajstić information content (AvgIpc) is 2.54. The molecule has 0 saturated carbocycles. The van der Waals surface area contributed by atoms with Crippen molar-refractivity contribution in [3.63, 3.8) is 0 Å². The van der Waals surface area contributed by atoms with E-state index in [9.17, 15) is 0 Å². The fraction of sp³-hybridized carbons (Fsp3) is 0.524. The van der Waals surface area contributed by atoms with Crippen molar-refractivity contribution in [2.75, 3.05) is 11.5 Å². The summed E-state index contributed by atoms with van der Waals surface area (Å²) < 4.78 is 0. The van der Waals surface area contributed by atoms with Gasteiger partial charge in [-0.05, 0) is 41.3 Å². The lowest BCUT2D eigenvalue weighted by Crippen LogP contribution is -1.94. The van der Waals surface area contributed by atoms with E-state index in [1.807, 2.05) is 12.1 Å². The summed E-state index contributed by atoms with van der Waals surface area (Å²) in [7, 11) is 0. The predicted molar refractivity (Wildman–Crippen MR) is 104 cm³/mol. The van der Waals surface area contributed by atoms with Crippen LogP contribution in [0.4, 0.5) is 11.4 Å². The molecule has 126 valence electrons.